The lowest BCUT2D eigenvalue weighted by Crippen LogP contribution is -2.60. The van der Waals surface area contributed by atoms with Gasteiger partial charge in [0, 0.05) is 6.42 Å². The van der Waals surface area contributed by atoms with Gasteiger partial charge in [0.2, 0.25) is 0 Å². The van der Waals surface area contributed by atoms with E-state index in [-0.39, 0.29) is 12.6 Å². The second kappa shape index (κ2) is 31.7. The van der Waals surface area contributed by atoms with E-state index in [0.29, 0.717) is 12.8 Å². The average molecular weight is 895 g/mol. The van der Waals surface area contributed by atoms with Crippen LogP contribution < -0.4 is 0 Å². The highest BCUT2D eigenvalue weighted by molar-refractivity contribution is 5.69. The van der Waals surface area contributed by atoms with Crippen LogP contribution >= 0.6 is 0 Å². The van der Waals surface area contributed by atoms with E-state index in [1.807, 2.05) is 13.8 Å². The second-order valence-corrected chi connectivity index (χ2v) is 18.7. The lowest BCUT2D eigenvalue weighted by Gasteiger charge is -2.42. The molecule has 360 valence electrons. The number of carbonyl (C=O) groups excluding carboxylic acids is 1. The van der Waals surface area contributed by atoms with Crippen LogP contribution in [0.5, 0.6) is 0 Å². The summed E-state index contributed by atoms with van der Waals surface area (Å²) in [7, 11) is 0. The molecule has 1 heterocycles. The first-order valence-corrected chi connectivity index (χ1v) is 24.3. The minimum Gasteiger partial charge on any atom is -0.463 e. The van der Waals surface area contributed by atoms with E-state index in [1.54, 1.807) is 0 Å². The van der Waals surface area contributed by atoms with E-state index >= 15 is 0 Å². The zero-order chi connectivity index (χ0) is 48.2. The highest BCUT2D eigenvalue weighted by atomic mass is 16.7. The van der Waals surface area contributed by atoms with E-state index < -0.39 is 36.3 Å². The Balaban J connectivity index is 1.75. The van der Waals surface area contributed by atoms with Gasteiger partial charge in [0.15, 0.2) is 6.29 Å². The number of hydrogen-bond acceptors (Lipinski definition) is 7. The third-order valence-corrected chi connectivity index (χ3v) is 11.9. The maximum absolute atomic E-state index is 12.4. The molecule has 0 aromatic heterocycles. The summed E-state index contributed by atoms with van der Waals surface area (Å²) in [6.07, 6.45) is 38.1. The summed E-state index contributed by atoms with van der Waals surface area (Å²) < 4.78 is 17.4. The van der Waals surface area contributed by atoms with Crippen molar-refractivity contribution >= 4 is 12.0 Å². The molecule has 65 heavy (non-hydrogen) atoms. The van der Waals surface area contributed by atoms with Gasteiger partial charge in [-0.15, -0.1) is 0 Å². The second-order valence-electron chi connectivity index (χ2n) is 18.7. The molecule has 0 unspecified atom stereocenters. The summed E-state index contributed by atoms with van der Waals surface area (Å²) in [5.41, 5.74) is 10.5. The normalized spacial score (nSPS) is 21.1. The third kappa shape index (κ3) is 24.3. The Labute approximate surface area is 394 Å². The van der Waals surface area contributed by atoms with Crippen molar-refractivity contribution in [2.45, 2.75) is 196 Å². The summed E-state index contributed by atoms with van der Waals surface area (Å²) in [6, 6.07) is 4.37. The fourth-order valence-corrected chi connectivity index (χ4v) is 7.38. The lowest BCUT2D eigenvalue weighted by molar-refractivity contribution is -0.324. The van der Waals surface area contributed by atoms with Gasteiger partial charge in [-0.05, 0) is 117 Å². The van der Waals surface area contributed by atoms with E-state index in [4.69, 9.17) is 14.2 Å². The highest BCUT2D eigenvalue weighted by Crippen LogP contribution is 2.29. The predicted octanol–water partition coefficient (Wildman–Crippen LogP) is 13.8. The third-order valence-electron chi connectivity index (χ3n) is 11.9. The zero-order valence-corrected chi connectivity index (χ0v) is 42.1. The molecule has 1 aliphatic rings. The van der Waals surface area contributed by atoms with Gasteiger partial charge in [-0.1, -0.05) is 189 Å². The topological polar surface area (TPSA) is 105 Å². The highest BCUT2D eigenvalue weighted by Gasteiger charge is 2.46. The molecule has 7 nitrogen and oxygen atoms in total. The predicted molar refractivity (Wildman–Crippen MR) is 274 cm³/mol. The van der Waals surface area contributed by atoms with Gasteiger partial charge in [-0.3, -0.25) is 4.79 Å². The molecule has 7 heteroatoms. The van der Waals surface area contributed by atoms with Crippen molar-refractivity contribution in [3.05, 3.63) is 147 Å². The fourth-order valence-electron chi connectivity index (χ4n) is 7.38. The van der Waals surface area contributed by atoms with Gasteiger partial charge in [0.1, 0.15) is 31.0 Å². The fraction of sp³-hybridized carbons (Fsp3) is 0.534. The number of esters is 1. The molecule has 0 bridgehead atoms. The average Bonchev–Trinajstić information content (AvgIpc) is 3.25. The molecule has 0 amide bonds. The van der Waals surface area contributed by atoms with E-state index in [1.165, 1.54) is 77.5 Å². The van der Waals surface area contributed by atoms with Crippen molar-refractivity contribution in [1.82, 2.24) is 0 Å². The van der Waals surface area contributed by atoms with Crippen LogP contribution in [0, 0.1) is 20.8 Å². The maximum Gasteiger partial charge on any atom is 0.305 e. The molecule has 0 spiro atoms. The Hall–Kier alpha value is -4.11. The van der Waals surface area contributed by atoms with Crippen molar-refractivity contribution in [1.29, 1.82) is 0 Å². The molecule has 1 aromatic carbocycles. The smallest absolute Gasteiger partial charge is 0.305 e. The largest absolute Gasteiger partial charge is 0.463 e. The van der Waals surface area contributed by atoms with Crippen LogP contribution in [0.25, 0.3) is 6.08 Å². The Morgan fingerprint density at radius 1 is 0.631 bits per heavy atom. The number of ether oxygens (including phenoxy) is 3. The van der Waals surface area contributed by atoms with E-state index in [2.05, 4.69) is 166 Å². The molecule has 1 fully saturated rings. The van der Waals surface area contributed by atoms with Crippen LogP contribution in [-0.2, 0) is 19.0 Å². The van der Waals surface area contributed by atoms with Crippen LogP contribution in [0.4, 0.5) is 0 Å². The van der Waals surface area contributed by atoms with Crippen molar-refractivity contribution < 1.29 is 34.3 Å². The molecule has 1 aliphatic heterocycles. The number of aliphatic hydroxyl groups excluding tert-OH is 3. The first kappa shape index (κ1) is 57.0. The Bertz CT molecular complexity index is 1900. The van der Waals surface area contributed by atoms with Crippen LogP contribution in [0.1, 0.15) is 161 Å². The van der Waals surface area contributed by atoms with Gasteiger partial charge in [0.25, 0.3) is 0 Å². The number of allylic oxidation sites excluding steroid dienone is 19. The Kier molecular flexibility index (Phi) is 27.8. The monoisotopic (exact) mass is 895 g/mol. The molecular formula is C58H86O7. The zero-order valence-electron chi connectivity index (χ0n) is 42.1. The van der Waals surface area contributed by atoms with Crippen LogP contribution in [-0.4, -0.2) is 64.2 Å². The standard InChI is InChI=1S/C58H86O7/c1-12-13-14-15-16-17-18-19-20-36-53(59)63-42-52-54(60)55(61)56(62)57(64-52)65-58(10,11)41-26-35-46(5)33-24-32-45(4)31-23-29-43(2)27-21-22-28-44(3)30-25-34-47(6)37-40-51-49(8)39-38-48(7)50(51)9/h21-25,27-34,37-40,52,54-57,60-62H,12-20,26,35-36,41-42H2,1-11H3/b22-21+,29-23+,30-25+,32-24+,40-37+,43-27+,44-28+,45-31+,46-33+,47-34+/t52-,54-,55+,56-,57+/m1/s1. The summed E-state index contributed by atoms with van der Waals surface area (Å²) in [4.78, 5) is 12.4. The van der Waals surface area contributed by atoms with Crippen LogP contribution in [0.3, 0.4) is 0 Å². The molecule has 3 N–H and O–H groups in total. The van der Waals surface area contributed by atoms with Crippen LogP contribution in [0.15, 0.2) is 125 Å². The summed E-state index contributed by atoms with van der Waals surface area (Å²) in [5.74, 6) is -0.359. The van der Waals surface area contributed by atoms with Crippen molar-refractivity contribution in [2.24, 2.45) is 0 Å². The first-order chi connectivity index (χ1) is 30.9. The minimum atomic E-state index is -1.49. The number of benzene rings is 1. The molecule has 1 aromatic rings. The number of hydrogen-bond donors (Lipinski definition) is 3. The van der Waals surface area contributed by atoms with Gasteiger partial charge in [-0.25, -0.2) is 0 Å². The molecule has 5 atom stereocenters. The Morgan fingerprint density at radius 2 is 1.14 bits per heavy atom. The summed E-state index contributed by atoms with van der Waals surface area (Å²) in [5, 5.41) is 31.8. The quantitative estimate of drug-likeness (QED) is 0.0437. The maximum atomic E-state index is 12.4. The number of rotatable bonds is 28. The van der Waals surface area contributed by atoms with Crippen molar-refractivity contribution in [3.63, 3.8) is 0 Å². The Morgan fingerprint density at radius 3 is 1.72 bits per heavy atom. The summed E-state index contributed by atoms with van der Waals surface area (Å²) >= 11 is 0. The van der Waals surface area contributed by atoms with Crippen LogP contribution in [0.2, 0.25) is 0 Å². The van der Waals surface area contributed by atoms with Gasteiger partial charge in [-0.2, -0.15) is 0 Å². The lowest BCUT2D eigenvalue weighted by atomic mass is 9.96. The molecule has 2 rings (SSSR count). The van der Waals surface area contributed by atoms with Crippen molar-refractivity contribution in [3.8, 4) is 0 Å². The van der Waals surface area contributed by atoms with Gasteiger partial charge >= 0.3 is 5.97 Å². The van der Waals surface area contributed by atoms with E-state index in [9.17, 15) is 20.1 Å². The molecule has 0 radical (unpaired) electrons. The van der Waals surface area contributed by atoms with Gasteiger partial charge < -0.3 is 29.5 Å². The molecule has 0 saturated carbocycles. The minimum absolute atomic E-state index is 0.220. The number of carbonyl (C=O) groups is 1. The number of aliphatic hydroxyl groups is 3. The van der Waals surface area contributed by atoms with Gasteiger partial charge in [0.05, 0.1) is 5.60 Å². The van der Waals surface area contributed by atoms with E-state index in [0.717, 1.165) is 43.3 Å². The number of unbranched alkanes of at least 4 members (excludes halogenated alkanes) is 8. The number of aryl methyl sites for hydroxylation is 2. The summed E-state index contributed by atoms with van der Waals surface area (Å²) in [6.45, 7) is 22.8. The molecule has 1 saturated heterocycles. The SMILES string of the molecule is CCCCCCCCCCCC(=O)OC[C@H]1O[C@@H](OC(C)(C)CCC/C(C)=C/C=C/C(C)=C/C=C/C(C)=C/C=C/C=C(C)/C=C/C=C(C)/C=C/c2c(C)ccc(C)c2C)[C@H](O)[C@@H](O)[C@@H]1O. The molecular weight excluding hydrogens is 809 g/mol. The molecule has 0 aliphatic carbocycles. The van der Waals surface area contributed by atoms with Crippen molar-refractivity contribution in [2.75, 3.05) is 6.61 Å². The first-order valence-electron chi connectivity index (χ1n) is 24.3.